The average Bonchev–Trinajstić information content (AvgIpc) is 2.68. The van der Waals surface area contributed by atoms with Crippen molar-refractivity contribution in [1.82, 2.24) is 4.31 Å². The predicted octanol–water partition coefficient (Wildman–Crippen LogP) is 1.74. The second-order valence-corrected chi connectivity index (χ2v) is 7.91. The zero-order chi connectivity index (χ0) is 13.9. The molecule has 1 rings (SSSR count). The molecular formula is C10H15NO4S3. The van der Waals surface area contributed by atoms with Crippen LogP contribution in [0.3, 0.4) is 0 Å². The van der Waals surface area contributed by atoms with Crippen molar-refractivity contribution in [3.05, 3.63) is 15.8 Å². The lowest BCUT2D eigenvalue weighted by Gasteiger charge is -2.16. The zero-order valence-electron chi connectivity index (χ0n) is 10.3. The number of thioether (sulfide) groups is 1. The van der Waals surface area contributed by atoms with E-state index in [0.717, 1.165) is 11.3 Å². The quantitative estimate of drug-likeness (QED) is 0.866. The first-order valence-corrected chi connectivity index (χ1v) is 8.74. The lowest BCUT2D eigenvalue weighted by Crippen LogP contribution is -2.29. The number of rotatable bonds is 6. The SMILES string of the molecule is CSCCN(C)S(=O)(=O)c1cc(C(=O)O)sc1C. The largest absolute Gasteiger partial charge is 0.477 e. The highest BCUT2D eigenvalue weighted by atomic mass is 32.2. The predicted molar refractivity (Wildman–Crippen MR) is 74.2 cm³/mol. The number of nitrogens with zero attached hydrogens (tertiary/aromatic N) is 1. The summed E-state index contributed by atoms with van der Waals surface area (Å²) in [6.07, 6.45) is 1.90. The van der Waals surface area contributed by atoms with Gasteiger partial charge in [-0.25, -0.2) is 17.5 Å². The van der Waals surface area contributed by atoms with Gasteiger partial charge in [0.05, 0.1) is 4.90 Å². The van der Waals surface area contributed by atoms with Gasteiger partial charge in [0.15, 0.2) is 0 Å². The van der Waals surface area contributed by atoms with Gasteiger partial charge in [-0.3, -0.25) is 0 Å². The maximum Gasteiger partial charge on any atom is 0.345 e. The molecule has 0 atom stereocenters. The number of hydrogen-bond acceptors (Lipinski definition) is 5. The highest BCUT2D eigenvalue weighted by Crippen LogP contribution is 2.27. The summed E-state index contributed by atoms with van der Waals surface area (Å²) in [6, 6.07) is 1.23. The molecule has 0 fully saturated rings. The lowest BCUT2D eigenvalue weighted by atomic mass is 10.4. The van der Waals surface area contributed by atoms with Crippen molar-refractivity contribution in [2.45, 2.75) is 11.8 Å². The molecule has 0 saturated heterocycles. The second-order valence-electron chi connectivity index (χ2n) is 3.66. The van der Waals surface area contributed by atoms with E-state index in [1.54, 1.807) is 18.7 Å². The van der Waals surface area contributed by atoms with Gasteiger partial charge in [-0.15, -0.1) is 11.3 Å². The number of thiophene rings is 1. The molecule has 18 heavy (non-hydrogen) atoms. The van der Waals surface area contributed by atoms with Crippen LogP contribution in [0.4, 0.5) is 0 Å². The molecular weight excluding hydrogens is 294 g/mol. The third kappa shape index (κ3) is 3.25. The Morgan fingerprint density at radius 3 is 2.61 bits per heavy atom. The maximum atomic E-state index is 12.2. The molecule has 0 amide bonds. The van der Waals surface area contributed by atoms with Crippen LogP contribution in [-0.4, -0.2) is 49.4 Å². The van der Waals surface area contributed by atoms with Crippen molar-refractivity contribution in [2.24, 2.45) is 0 Å². The van der Waals surface area contributed by atoms with Crippen molar-refractivity contribution in [3.63, 3.8) is 0 Å². The van der Waals surface area contributed by atoms with Gasteiger partial charge in [0.25, 0.3) is 0 Å². The van der Waals surface area contributed by atoms with E-state index in [4.69, 9.17) is 5.11 Å². The Bertz CT molecular complexity index is 535. The molecule has 1 heterocycles. The molecule has 0 saturated carbocycles. The van der Waals surface area contributed by atoms with Crippen LogP contribution in [0, 0.1) is 6.92 Å². The Hall–Kier alpha value is -0.570. The van der Waals surface area contributed by atoms with Gasteiger partial charge in [0, 0.05) is 24.2 Å². The smallest absolute Gasteiger partial charge is 0.345 e. The van der Waals surface area contributed by atoms with Gasteiger partial charge in [-0.05, 0) is 19.2 Å². The molecule has 1 aromatic heterocycles. The van der Waals surface area contributed by atoms with E-state index >= 15 is 0 Å². The molecule has 1 N–H and O–H groups in total. The Morgan fingerprint density at radius 1 is 1.56 bits per heavy atom. The van der Waals surface area contributed by atoms with Gasteiger partial charge in [-0.1, -0.05) is 0 Å². The van der Waals surface area contributed by atoms with E-state index in [2.05, 4.69) is 0 Å². The summed E-state index contributed by atoms with van der Waals surface area (Å²) < 4.78 is 25.7. The first kappa shape index (κ1) is 15.5. The van der Waals surface area contributed by atoms with Crippen LogP contribution < -0.4 is 0 Å². The Morgan fingerprint density at radius 2 is 2.17 bits per heavy atom. The first-order valence-electron chi connectivity index (χ1n) is 5.09. The molecule has 8 heteroatoms. The normalized spacial score (nSPS) is 12.0. The molecule has 0 spiro atoms. The number of carboxylic acid groups (broad SMARTS) is 1. The summed E-state index contributed by atoms with van der Waals surface area (Å²) in [6.45, 7) is 2.02. The summed E-state index contributed by atoms with van der Waals surface area (Å²) in [7, 11) is -2.08. The molecule has 0 aromatic carbocycles. The Labute approximate surface area is 115 Å². The zero-order valence-corrected chi connectivity index (χ0v) is 12.8. The third-order valence-corrected chi connectivity index (χ3v) is 6.12. The minimum absolute atomic E-state index is 0.0457. The number of carboxylic acids is 1. The molecule has 0 bridgehead atoms. The van der Waals surface area contributed by atoms with E-state index in [9.17, 15) is 13.2 Å². The topological polar surface area (TPSA) is 74.7 Å². The summed E-state index contributed by atoms with van der Waals surface area (Å²) in [5.41, 5.74) is 0. The highest BCUT2D eigenvalue weighted by Gasteiger charge is 2.25. The van der Waals surface area contributed by atoms with E-state index in [1.165, 1.54) is 17.4 Å². The van der Waals surface area contributed by atoms with Crippen LogP contribution in [0.15, 0.2) is 11.0 Å². The molecule has 102 valence electrons. The molecule has 0 aliphatic heterocycles. The average molecular weight is 309 g/mol. The van der Waals surface area contributed by atoms with E-state index in [1.807, 2.05) is 6.26 Å². The van der Waals surface area contributed by atoms with Crippen molar-refractivity contribution < 1.29 is 18.3 Å². The number of carbonyl (C=O) groups is 1. The highest BCUT2D eigenvalue weighted by molar-refractivity contribution is 7.98. The third-order valence-electron chi connectivity index (χ3n) is 2.38. The Kier molecular flexibility index (Phi) is 5.20. The number of aromatic carboxylic acids is 1. The van der Waals surface area contributed by atoms with E-state index in [-0.39, 0.29) is 9.77 Å². The molecule has 0 aliphatic carbocycles. The van der Waals surface area contributed by atoms with Crippen molar-refractivity contribution in [3.8, 4) is 0 Å². The van der Waals surface area contributed by atoms with Crippen molar-refractivity contribution in [1.29, 1.82) is 0 Å². The minimum Gasteiger partial charge on any atom is -0.477 e. The summed E-state index contributed by atoms with van der Waals surface area (Å²) in [5, 5.41) is 8.87. The number of sulfonamides is 1. The second kappa shape index (κ2) is 6.05. The molecule has 5 nitrogen and oxygen atoms in total. The van der Waals surface area contributed by atoms with Gasteiger partial charge < -0.3 is 5.11 Å². The fourth-order valence-corrected chi connectivity index (χ4v) is 4.47. The van der Waals surface area contributed by atoms with Crippen LogP contribution in [0.1, 0.15) is 14.5 Å². The minimum atomic E-state index is -3.59. The van der Waals surface area contributed by atoms with Crippen LogP contribution in [-0.2, 0) is 10.0 Å². The standard InChI is InChI=1S/C10H15NO4S3/c1-7-9(6-8(17-7)10(12)13)18(14,15)11(2)4-5-16-3/h6H,4-5H2,1-3H3,(H,12,13). The molecule has 0 aliphatic rings. The van der Waals surface area contributed by atoms with E-state index in [0.29, 0.717) is 17.2 Å². The fraction of sp³-hybridized carbons (Fsp3) is 0.500. The first-order chi connectivity index (χ1) is 8.30. The van der Waals surface area contributed by atoms with Crippen molar-refractivity contribution in [2.75, 3.05) is 25.6 Å². The van der Waals surface area contributed by atoms with Crippen LogP contribution in [0.5, 0.6) is 0 Å². The van der Waals surface area contributed by atoms with Crippen LogP contribution in [0.25, 0.3) is 0 Å². The lowest BCUT2D eigenvalue weighted by molar-refractivity contribution is 0.0702. The molecule has 0 radical (unpaired) electrons. The van der Waals surface area contributed by atoms with Crippen LogP contribution in [0.2, 0.25) is 0 Å². The number of hydrogen-bond donors (Lipinski definition) is 1. The van der Waals surface area contributed by atoms with Crippen molar-refractivity contribution >= 4 is 39.1 Å². The Balaban J connectivity index is 3.08. The number of aryl methyl sites for hydroxylation is 1. The van der Waals surface area contributed by atoms with Gasteiger partial charge in [-0.2, -0.15) is 11.8 Å². The van der Waals surface area contributed by atoms with Gasteiger partial charge >= 0.3 is 5.97 Å². The molecule has 0 unspecified atom stereocenters. The maximum absolute atomic E-state index is 12.2. The van der Waals surface area contributed by atoms with Gasteiger partial charge in [0.2, 0.25) is 10.0 Å². The summed E-state index contributed by atoms with van der Waals surface area (Å²) in [4.78, 5) is 11.5. The fourth-order valence-electron chi connectivity index (χ4n) is 1.33. The van der Waals surface area contributed by atoms with E-state index < -0.39 is 16.0 Å². The summed E-state index contributed by atoms with van der Waals surface area (Å²) >= 11 is 2.54. The summed E-state index contributed by atoms with van der Waals surface area (Å²) in [5.74, 6) is -0.402. The molecule has 1 aromatic rings. The van der Waals surface area contributed by atoms with Gasteiger partial charge in [0.1, 0.15) is 4.88 Å². The van der Waals surface area contributed by atoms with Crippen LogP contribution >= 0.6 is 23.1 Å². The monoisotopic (exact) mass is 309 g/mol.